The number of nitriles is 1. The molecule has 2 nitrogen and oxygen atoms in total. The van der Waals surface area contributed by atoms with Gasteiger partial charge in [-0.3, -0.25) is 0 Å². The molecular weight excluding hydrogens is 256 g/mol. The Morgan fingerprint density at radius 3 is 2.63 bits per heavy atom. The molecular formula is C16H23ClN2. The molecule has 3 heteroatoms. The van der Waals surface area contributed by atoms with E-state index in [4.69, 9.17) is 16.9 Å². The lowest BCUT2D eigenvalue weighted by molar-refractivity contribution is 0.523. The van der Waals surface area contributed by atoms with Gasteiger partial charge in [-0.15, -0.1) is 0 Å². The van der Waals surface area contributed by atoms with E-state index in [1.54, 1.807) is 6.07 Å². The van der Waals surface area contributed by atoms with Crippen LogP contribution in [0.4, 0.5) is 5.69 Å². The van der Waals surface area contributed by atoms with Crippen molar-refractivity contribution in [3.05, 3.63) is 28.8 Å². The van der Waals surface area contributed by atoms with E-state index in [9.17, 15) is 0 Å². The molecule has 0 aliphatic rings. The average Bonchev–Trinajstić information content (AvgIpc) is 2.37. The number of benzene rings is 1. The van der Waals surface area contributed by atoms with Gasteiger partial charge in [-0.1, -0.05) is 57.2 Å². The Bertz CT molecular complexity index is 421. The van der Waals surface area contributed by atoms with Crippen LogP contribution in [0.3, 0.4) is 0 Å². The van der Waals surface area contributed by atoms with Gasteiger partial charge in [0.2, 0.25) is 0 Å². The maximum atomic E-state index is 9.05. The summed E-state index contributed by atoms with van der Waals surface area (Å²) >= 11 is 5.98. The molecule has 1 aromatic carbocycles. The summed E-state index contributed by atoms with van der Waals surface area (Å²) in [5.41, 5.74) is 1.39. The zero-order chi connectivity index (χ0) is 14.1. The van der Waals surface area contributed by atoms with Crippen LogP contribution in [-0.2, 0) is 0 Å². The third-order valence-electron chi connectivity index (χ3n) is 3.15. The summed E-state index contributed by atoms with van der Waals surface area (Å²) in [7, 11) is 0. The molecule has 0 saturated heterocycles. The largest absolute Gasteiger partial charge is 0.384 e. The Labute approximate surface area is 121 Å². The smallest absolute Gasteiger partial charge is 0.103 e. The Kier molecular flexibility index (Phi) is 7.36. The van der Waals surface area contributed by atoms with Gasteiger partial charge in [0, 0.05) is 6.54 Å². The normalized spacial score (nSPS) is 10.5. The number of rotatable bonds is 8. The van der Waals surface area contributed by atoms with Gasteiger partial charge in [-0.25, -0.2) is 0 Å². The molecule has 0 aromatic heterocycles. The molecule has 0 aliphatic carbocycles. The molecule has 0 fully saturated rings. The second kappa shape index (κ2) is 8.82. The van der Waals surface area contributed by atoms with E-state index >= 15 is 0 Å². The fraction of sp³-hybridized carbons (Fsp3) is 0.562. The van der Waals surface area contributed by atoms with Crippen LogP contribution in [0.5, 0.6) is 0 Å². The standard InChI is InChI=1S/C16H23ClN2/c1-13(2)8-5-3-4-6-11-19-16-10-7-9-15(17)14(16)12-18/h7,9-10,13,19H,3-6,8,11H2,1-2H3. The van der Waals surface area contributed by atoms with Crippen LogP contribution in [0.15, 0.2) is 18.2 Å². The maximum absolute atomic E-state index is 9.05. The van der Waals surface area contributed by atoms with Crippen LogP contribution < -0.4 is 5.32 Å². The molecule has 1 N–H and O–H groups in total. The first-order chi connectivity index (χ1) is 9.15. The zero-order valence-corrected chi connectivity index (χ0v) is 12.6. The van der Waals surface area contributed by atoms with Crippen LogP contribution in [0.1, 0.15) is 51.5 Å². The molecule has 0 unspecified atom stereocenters. The summed E-state index contributed by atoms with van der Waals surface area (Å²) in [6.07, 6.45) is 6.30. The van der Waals surface area contributed by atoms with Gasteiger partial charge in [0.05, 0.1) is 16.3 Å². The summed E-state index contributed by atoms with van der Waals surface area (Å²) in [5, 5.41) is 12.9. The van der Waals surface area contributed by atoms with E-state index in [0.29, 0.717) is 10.6 Å². The average molecular weight is 279 g/mol. The first-order valence-electron chi connectivity index (χ1n) is 7.07. The Morgan fingerprint density at radius 2 is 1.95 bits per heavy atom. The molecule has 0 radical (unpaired) electrons. The second-order valence-corrected chi connectivity index (χ2v) is 5.70. The minimum absolute atomic E-state index is 0.518. The summed E-state index contributed by atoms with van der Waals surface area (Å²) in [4.78, 5) is 0. The van der Waals surface area contributed by atoms with Gasteiger partial charge in [0.25, 0.3) is 0 Å². The van der Waals surface area contributed by atoms with Gasteiger partial charge in [-0.05, 0) is 24.5 Å². The predicted molar refractivity (Wildman–Crippen MR) is 82.6 cm³/mol. The van der Waals surface area contributed by atoms with E-state index in [-0.39, 0.29) is 0 Å². The predicted octanol–water partition coefficient (Wildman–Crippen LogP) is 5.23. The molecule has 0 heterocycles. The molecule has 0 bridgehead atoms. The number of nitrogens with one attached hydrogen (secondary N) is 1. The molecule has 0 amide bonds. The number of hydrogen-bond acceptors (Lipinski definition) is 2. The van der Waals surface area contributed by atoms with Gasteiger partial charge in [-0.2, -0.15) is 5.26 Å². The van der Waals surface area contributed by atoms with Gasteiger partial charge in [0.15, 0.2) is 0 Å². The summed E-state index contributed by atoms with van der Waals surface area (Å²) < 4.78 is 0. The fourth-order valence-corrected chi connectivity index (χ4v) is 2.26. The maximum Gasteiger partial charge on any atom is 0.103 e. The van der Waals surface area contributed by atoms with E-state index in [0.717, 1.165) is 24.6 Å². The quantitative estimate of drug-likeness (QED) is 0.661. The number of halogens is 1. The van der Waals surface area contributed by atoms with Crippen molar-refractivity contribution in [3.63, 3.8) is 0 Å². The van der Waals surface area contributed by atoms with Crippen LogP contribution >= 0.6 is 11.6 Å². The minimum atomic E-state index is 0.518. The number of anilines is 1. The first-order valence-corrected chi connectivity index (χ1v) is 7.45. The topological polar surface area (TPSA) is 35.8 Å². The Morgan fingerprint density at radius 1 is 1.21 bits per heavy atom. The fourth-order valence-electron chi connectivity index (χ4n) is 2.04. The second-order valence-electron chi connectivity index (χ2n) is 5.30. The molecule has 104 valence electrons. The molecule has 1 aromatic rings. The van der Waals surface area contributed by atoms with E-state index < -0.39 is 0 Å². The van der Waals surface area contributed by atoms with E-state index in [2.05, 4.69) is 25.2 Å². The van der Waals surface area contributed by atoms with Crippen molar-refractivity contribution in [3.8, 4) is 6.07 Å². The van der Waals surface area contributed by atoms with Crippen LogP contribution in [0, 0.1) is 17.2 Å². The van der Waals surface area contributed by atoms with Crippen molar-refractivity contribution < 1.29 is 0 Å². The SMILES string of the molecule is CC(C)CCCCCCNc1cccc(Cl)c1C#N. The van der Waals surface area contributed by atoms with Crippen LogP contribution in [0.2, 0.25) is 5.02 Å². The lowest BCUT2D eigenvalue weighted by Crippen LogP contribution is -2.03. The highest BCUT2D eigenvalue weighted by molar-refractivity contribution is 6.32. The van der Waals surface area contributed by atoms with Gasteiger partial charge >= 0.3 is 0 Å². The third kappa shape index (κ3) is 5.98. The molecule has 0 saturated carbocycles. The lowest BCUT2D eigenvalue weighted by atomic mass is 10.0. The van der Waals surface area contributed by atoms with Crippen molar-refractivity contribution in [1.29, 1.82) is 5.26 Å². The van der Waals surface area contributed by atoms with Crippen molar-refractivity contribution in [2.75, 3.05) is 11.9 Å². The summed E-state index contributed by atoms with van der Waals surface area (Å²) in [5.74, 6) is 0.808. The Balaban J connectivity index is 2.23. The lowest BCUT2D eigenvalue weighted by Gasteiger charge is -2.09. The van der Waals surface area contributed by atoms with Crippen LogP contribution in [-0.4, -0.2) is 6.54 Å². The highest BCUT2D eigenvalue weighted by Crippen LogP contribution is 2.23. The molecule has 1 rings (SSSR count). The number of hydrogen-bond donors (Lipinski definition) is 1. The molecule has 0 aliphatic heterocycles. The monoisotopic (exact) mass is 278 g/mol. The molecule has 19 heavy (non-hydrogen) atoms. The summed E-state index contributed by atoms with van der Waals surface area (Å²) in [6, 6.07) is 7.67. The minimum Gasteiger partial charge on any atom is -0.384 e. The Hall–Kier alpha value is -1.20. The third-order valence-corrected chi connectivity index (χ3v) is 3.46. The van der Waals surface area contributed by atoms with Gasteiger partial charge in [0.1, 0.15) is 6.07 Å². The van der Waals surface area contributed by atoms with Gasteiger partial charge < -0.3 is 5.32 Å². The van der Waals surface area contributed by atoms with Crippen molar-refractivity contribution in [1.82, 2.24) is 0 Å². The zero-order valence-electron chi connectivity index (χ0n) is 11.9. The highest BCUT2D eigenvalue weighted by atomic mass is 35.5. The highest BCUT2D eigenvalue weighted by Gasteiger charge is 2.04. The van der Waals surface area contributed by atoms with E-state index in [1.807, 2.05) is 12.1 Å². The first kappa shape index (κ1) is 15.9. The number of unbranched alkanes of at least 4 members (excludes halogenated alkanes) is 3. The van der Waals surface area contributed by atoms with Crippen molar-refractivity contribution in [2.45, 2.75) is 46.0 Å². The molecule has 0 spiro atoms. The summed E-state index contributed by atoms with van der Waals surface area (Å²) in [6.45, 7) is 5.44. The van der Waals surface area contributed by atoms with Crippen LogP contribution in [0.25, 0.3) is 0 Å². The molecule has 0 atom stereocenters. The van der Waals surface area contributed by atoms with Crippen molar-refractivity contribution in [2.24, 2.45) is 5.92 Å². The van der Waals surface area contributed by atoms with E-state index in [1.165, 1.54) is 25.7 Å². The number of nitrogens with zero attached hydrogens (tertiary/aromatic N) is 1. The van der Waals surface area contributed by atoms with Crippen molar-refractivity contribution >= 4 is 17.3 Å².